The van der Waals surface area contributed by atoms with Gasteiger partial charge in [0, 0.05) is 32.0 Å². The fourth-order valence-corrected chi connectivity index (χ4v) is 2.47. The summed E-state index contributed by atoms with van der Waals surface area (Å²) in [6.07, 6.45) is -0.860. The van der Waals surface area contributed by atoms with Gasteiger partial charge in [-0.1, -0.05) is 18.2 Å². The van der Waals surface area contributed by atoms with Crippen molar-refractivity contribution in [3.63, 3.8) is 0 Å². The predicted molar refractivity (Wildman–Crippen MR) is 100 cm³/mol. The third kappa shape index (κ3) is 4.59. The lowest BCUT2D eigenvalue weighted by atomic mass is 10.2. The van der Waals surface area contributed by atoms with Gasteiger partial charge in [0.05, 0.1) is 5.56 Å². The van der Waals surface area contributed by atoms with Crippen LogP contribution in [0.2, 0.25) is 0 Å². The summed E-state index contributed by atoms with van der Waals surface area (Å²) in [5, 5.41) is 0. The van der Waals surface area contributed by atoms with Gasteiger partial charge in [0.2, 0.25) is 0 Å². The standard InChI is InChI=1S/C20H24N2O3/c1-5-22(18-9-7-6-8-10-18)19(23)15(2)25-20(24)16-11-13-17(14-12-16)21(3)4/h6-15H,5H2,1-4H3/t15-/m1/s1. The van der Waals surface area contributed by atoms with Gasteiger partial charge < -0.3 is 14.5 Å². The quantitative estimate of drug-likeness (QED) is 0.757. The number of rotatable bonds is 6. The van der Waals surface area contributed by atoms with E-state index in [9.17, 15) is 9.59 Å². The number of esters is 1. The van der Waals surface area contributed by atoms with E-state index in [2.05, 4.69) is 0 Å². The van der Waals surface area contributed by atoms with Crippen LogP contribution in [0.15, 0.2) is 54.6 Å². The van der Waals surface area contributed by atoms with Crippen molar-refractivity contribution in [3.05, 3.63) is 60.2 Å². The van der Waals surface area contributed by atoms with Crippen LogP contribution in [0.5, 0.6) is 0 Å². The van der Waals surface area contributed by atoms with E-state index < -0.39 is 12.1 Å². The topological polar surface area (TPSA) is 49.9 Å². The lowest BCUT2D eigenvalue weighted by Gasteiger charge is -2.24. The highest BCUT2D eigenvalue weighted by atomic mass is 16.5. The Bertz CT molecular complexity index is 711. The number of anilines is 2. The molecule has 25 heavy (non-hydrogen) atoms. The number of likely N-dealkylation sites (N-methyl/N-ethyl adjacent to an activating group) is 1. The molecule has 0 aliphatic rings. The molecule has 0 heterocycles. The lowest BCUT2D eigenvalue weighted by Crippen LogP contribution is -2.40. The van der Waals surface area contributed by atoms with Gasteiger partial charge in [-0.3, -0.25) is 4.79 Å². The summed E-state index contributed by atoms with van der Waals surface area (Å²) in [5.41, 5.74) is 2.20. The minimum atomic E-state index is -0.860. The van der Waals surface area contributed by atoms with Crippen molar-refractivity contribution in [2.45, 2.75) is 20.0 Å². The first-order chi connectivity index (χ1) is 11.9. The summed E-state index contributed by atoms with van der Waals surface area (Å²) in [4.78, 5) is 28.5. The SMILES string of the molecule is CCN(C(=O)[C@@H](C)OC(=O)c1ccc(N(C)C)cc1)c1ccccc1. The maximum Gasteiger partial charge on any atom is 0.338 e. The number of amides is 1. The first-order valence-electron chi connectivity index (χ1n) is 8.28. The van der Waals surface area contributed by atoms with Crippen molar-refractivity contribution in [1.82, 2.24) is 0 Å². The van der Waals surface area contributed by atoms with Crippen molar-refractivity contribution in [3.8, 4) is 0 Å². The summed E-state index contributed by atoms with van der Waals surface area (Å²) in [6, 6.07) is 16.4. The largest absolute Gasteiger partial charge is 0.449 e. The summed E-state index contributed by atoms with van der Waals surface area (Å²) in [6.45, 7) is 3.99. The third-order valence-electron chi connectivity index (χ3n) is 3.90. The average Bonchev–Trinajstić information content (AvgIpc) is 2.63. The van der Waals surface area contributed by atoms with E-state index >= 15 is 0 Å². The molecule has 0 aliphatic carbocycles. The summed E-state index contributed by atoms with van der Waals surface area (Å²) in [5.74, 6) is -0.748. The van der Waals surface area contributed by atoms with Gasteiger partial charge in [0.1, 0.15) is 0 Å². The highest BCUT2D eigenvalue weighted by Gasteiger charge is 2.24. The Balaban J connectivity index is 2.05. The van der Waals surface area contributed by atoms with Crippen molar-refractivity contribution >= 4 is 23.3 Å². The van der Waals surface area contributed by atoms with Gasteiger partial charge in [-0.2, -0.15) is 0 Å². The number of carbonyl (C=O) groups is 2. The molecule has 0 radical (unpaired) electrons. The van der Waals surface area contributed by atoms with Gasteiger partial charge in [-0.25, -0.2) is 4.79 Å². The second-order valence-electron chi connectivity index (χ2n) is 5.91. The molecule has 0 aromatic heterocycles. The minimum absolute atomic E-state index is 0.244. The zero-order chi connectivity index (χ0) is 18.4. The molecule has 0 N–H and O–H groups in total. The summed E-state index contributed by atoms with van der Waals surface area (Å²) >= 11 is 0. The van der Waals surface area contributed by atoms with Gasteiger partial charge in [-0.15, -0.1) is 0 Å². The number of para-hydroxylation sites is 1. The highest BCUT2D eigenvalue weighted by molar-refractivity contribution is 5.99. The van der Waals surface area contributed by atoms with Crippen LogP contribution in [0.1, 0.15) is 24.2 Å². The molecule has 0 saturated carbocycles. The number of nitrogens with zero attached hydrogens (tertiary/aromatic N) is 2. The molecule has 0 saturated heterocycles. The first-order valence-corrected chi connectivity index (χ1v) is 8.28. The van der Waals surface area contributed by atoms with Gasteiger partial charge in [0.15, 0.2) is 6.10 Å². The zero-order valence-corrected chi connectivity index (χ0v) is 15.1. The molecule has 1 atom stereocenters. The van der Waals surface area contributed by atoms with Crippen molar-refractivity contribution in [2.75, 3.05) is 30.4 Å². The molecule has 0 aliphatic heterocycles. The van der Waals surface area contributed by atoms with Gasteiger partial charge in [0.25, 0.3) is 5.91 Å². The second kappa shape index (κ2) is 8.33. The number of hydrogen-bond donors (Lipinski definition) is 0. The maximum absolute atomic E-state index is 12.6. The number of ether oxygens (including phenoxy) is 1. The molecule has 5 nitrogen and oxygen atoms in total. The van der Waals surface area contributed by atoms with Crippen LogP contribution < -0.4 is 9.80 Å². The van der Waals surface area contributed by atoms with Crippen LogP contribution >= 0.6 is 0 Å². The Morgan fingerprint density at radius 2 is 1.56 bits per heavy atom. The van der Waals surface area contributed by atoms with Crippen molar-refractivity contribution in [2.24, 2.45) is 0 Å². The minimum Gasteiger partial charge on any atom is -0.449 e. The third-order valence-corrected chi connectivity index (χ3v) is 3.90. The number of carbonyl (C=O) groups excluding carboxylic acids is 2. The monoisotopic (exact) mass is 340 g/mol. The first kappa shape index (κ1) is 18.5. The Labute approximate surface area is 148 Å². The van der Waals surface area contributed by atoms with E-state index in [0.29, 0.717) is 12.1 Å². The van der Waals surface area contributed by atoms with Crippen LogP contribution in [0, 0.1) is 0 Å². The van der Waals surface area contributed by atoms with Crippen LogP contribution in [0.3, 0.4) is 0 Å². The Morgan fingerprint density at radius 3 is 2.08 bits per heavy atom. The van der Waals surface area contributed by atoms with E-state index in [1.54, 1.807) is 24.0 Å². The smallest absolute Gasteiger partial charge is 0.338 e. The van der Waals surface area contributed by atoms with E-state index in [1.165, 1.54) is 0 Å². The molecule has 0 spiro atoms. The fourth-order valence-electron chi connectivity index (χ4n) is 2.47. The second-order valence-corrected chi connectivity index (χ2v) is 5.91. The molecule has 132 valence electrons. The van der Waals surface area contributed by atoms with Gasteiger partial charge in [-0.05, 0) is 50.2 Å². The number of benzene rings is 2. The molecule has 0 fully saturated rings. The maximum atomic E-state index is 12.6. The summed E-state index contributed by atoms with van der Waals surface area (Å²) < 4.78 is 5.36. The Hall–Kier alpha value is -2.82. The molecule has 0 unspecified atom stereocenters. The van der Waals surface area contributed by atoms with Crippen molar-refractivity contribution in [1.29, 1.82) is 0 Å². The van der Waals surface area contributed by atoms with E-state index in [1.807, 2.05) is 68.4 Å². The molecule has 2 rings (SSSR count). The predicted octanol–water partition coefficient (Wildman–Crippen LogP) is 3.35. The molecule has 1 amide bonds. The zero-order valence-electron chi connectivity index (χ0n) is 15.1. The molecule has 2 aromatic rings. The Kier molecular flexibility index (Phi) is 6.17. The van der Waals surface area contributed by atoms with E-state index in [-0.39, 0.29) is 5.91 Å². The molecular weight excluding hydrogens is 316 g/mol. The lowest BCUT2D eigenvalue weighted by molar-refractivity contribution is -0.126. The average molecular weight is 340 g/mol. The van der Waals surface area contributed by atoms with Crippen LogP contribution in [0.25, 0.3) is 0 Å². The molecular formula is C20H24N2O3. The van der Waals surface area contributed by atoms with E-state index in [4.69, 9.17) is 4.74 Å². The van der Waals surface area contributed by atoms with Gasteiger partial charge >= 0.3 is 5.97 Å². The highest BCUT2D eigenvalue weighted by Crippen LogP contribution is 2.17. The van der Waals surface area contributed by atoms with Crippen LogP contribution in [-0.4, -0.2) is 38.6 Å². The summed E-state index contributed by atoms with van der Waals surface area (Å²) in [7, 11) is 3.86. The fraction of sp³-hybridized carbons (Fsp3) is 0.300. The van der Waals surface area contributed by atoms with Crippen molar-refractivity contribution < 1.29 is 14.3 Å². The molecule has 5 heteroatoms. The normalized spacial score (nSPS) is 11.5. The Morgan fingerprint density at radius 1 is 0.960 bits per heavy atom. The van der Waals surface area contributed by atoms with E-state index in [0.717, 1.165) is 11.4 Å². The number of hydrogen-bond acceptors (Lipinski definition) is 4. The molecule has 0 bridgehead atoms. The van der Waals surface area contributed by atoms with Crippen LogP contribution in [0.4, 0.5) is 11.4 Å². The van der Waals surface area contributed by atoms with Crippen LogP contribution in [-0.2, 0) is 9.53 Å². The molecule has 2 aromatic carbocycles.